The molecule has 1 saturated carbocycles. The largest absolute Gasteiger partial charge is 0.481 e. The number of allylic oxidation sites excluding steroid dienone is 2. The Hall–Kier alpha value is -2.17. The fourth-order valence-corrected chi connectivity index (χ4v) is 5.97. The zero-order valence-electron chi connectivity index (χ0n) is 21.6. The third kappa shape index (κ3) is 8.77. The summed E-state index contributed by atoms with van der Waals surface area (Å²) < 4.78 is 5.77. The predicted molar refractivity (Wildman–Crippen MR) is 133 cm³/mol. The fraction of sp³-hybridized carbons (Fsp3) is 0.750. The van der Waals surface area contributed by atoms with Gasteiger partial charge in [0.2, 0.25) is 0 Å². The summed E-state index contributed by atoms with van der Waals surface area (Å²) in [5, 5.41) is 40.6. The number of aliphatic hydroxyl groups excluding tert-OH is 2. The Balaban J connectivity index is 2.30. The number of ether oxygens (including phenoxy) is 1. The Morgan fingerprint density at radius 2 is 1.71 bits per heavy atom. The van der Waals surface area contributed by atoms with E-state index in [0.29, 0.717) is 31.1 Å². The number of rotatable bonds is 2. The van der Waals surface area contributed by atoms with Crippen molar-refractivity contribution >= 4 is 11.9 Å². The lowest BCUT2D eigenvalue weighted by molar-refractivity contribution is -0.159. The highest BCUT2D eigenvalue weighted by atomic mass is 16.5. The maximum atomic E-state index is 12.7. The zero-order chi connectivity index (χ0) is 26.1. The van der Waals surface area contributed by atoms with E-state index >= 15 is 0 Å². The van der Waals surface area contributed by atoms with E-state index < -0.39 is 36.2 Å². The van der Waals surface area contributed by atoms with Gasteiger partial charge in [-0.1, -0.05) is 46.3 Å². The standard InChI is InChI=1S/C28H43NO6/c1-17-12-18(2)14-20(4)27(32)21(16-29)8-5-6-11-25(22-9-7-10-23(22)28(33)34)35-26(31)15-24(30)19(3)13-17/h5-6,8,17-20,22-25,27,30,32H,7,9-15H2,1-4H3,(H,33,34)/b6-5-,21-8+/t17-,18+,19-,20-,22+,23+,24-,25-,27-/m0/s1. The second-order valence-electron chi connectivity index (χ2n) is 11.1. The number of cyclic esters (lactones) is 1. The summed E-state index contributed by atoms with van der Waals surface area (Å²) in [6.07, 6.45) is 7.33. The highest BCUT2D eigenvalue weighted by molar-refractivity contribution is 5.72. The van der Waals surface area contributed by atoms with E-state index in [1.807, 2.05) is 13.8 Å². The monoisotopic (exact) mass is 489 g/mol. The van der Waals surface area contributed by atoms with Gasteiger partial charge in [-0.3, -0.25) is 9.59 Å². The molecule has 7 heteroatoms. The zero-order valence-corrected chi connectivity index (χ0v) is 21.6. The molecule has 0 amide bonds. The fourth-order valence-electron chi connectivity index (χ4n) is 5.97. The molecule has 3 N–H and O–H groups in total. The molecule has 9 atom stereocenters. The van der Waals surface area contributed by atoms with Crippen molar-refractivity contribution in [2.75, 3.05) is 0 Å². The van der Waals surface area contributed by atoms with Gasteiger partial charge in [0.1, 0.15) is 6.10 Å². The Labute approximate surface area is 209 Å². The number of carboxylic acids is 1. The van der Waals surface area contributed by atoms with Crippen LogP contribution in [0.2, 0.25) is 0 Å². The molecule has 1 aliphatic carbocycles. The molecule has 2 rings (SSSR count). The first-order valence-corrected chi connectivity index (χ1v) is 13.1. The van der Waals surface area contributed by atoms with E-state index in [1.165, 1.54) is 0 Å². The second-order valence-corrected chi connectivity index (χ2v) is 11.1. The van der Waals surface area contributed by atoms with Gasteiger partial charge in [-0.25, -0.2) is 0 Å². The van der Waals surface area contributed by atoms with Crippen molar-refractivity contribution in [2.24, 2.45) is 35.5 Å². The molecule has 35 heavy (non-hydrogen) atoms. The smallest absolute Gasteiger partial charge is 0.308 e. The van der Waals surface area contributed by atoms with E-state index in [1.54, 1.807) is 18.2 Å². The van der Waals surface area contributed by atoms with Crippen molar-refractivity contribution in [3.8, 4) is 6.07 Å². The normalized spacial score (nSPS) is 40.9. The van der Waals surface area contributed by atoms with Gasteiger partial charge in [0.25, 0.3) is 0 Å². The van der Waals surface area contributed by atoms with Crippen molar-refractivity contribution in [3.63, 3.8) is 0 Å². The van der Waals surface area contributed by atoms with Crippen LogP contribution in [0.25, 0.3) is 0 Å². The maximum Gasteiger partial charge on any atom is 0.308 e. The summed E-state index contributed by atoms with van der Waals surface area (Å²) >= 11 is 0. The van der Waals surface area contributed by atoms with Gasteiger partial charge >= 0.3 is 11.9 Å². The number of aliphatic carboxylic acids is 1. The van der Waals surface area contributed by atoms with Crippen LogP contribution in [0.1, 0.15) is 79.1 Å². The topological polar surface area (TPSA) is 128 Å². The molecule has 7 nitrogen and oxygen atoms in total. The lowest BCUT2D eigenvalue weighted by atomic mass is 9.82. The Morgan fingerprint density at radius 1 is 1.06 bits per heavy atom. The molecule has 2 aliphatic rings. The number of hydrogen-bond donors (Lipinski definition) is 3. The van der Waals surface area contributed by atoms with Crippen molar-refractivity contribution in [2.45, 2.75) is 97.4 Å². The number of carbonyl (C=O) groups excluding carboxylic acids is 1. The number of nitrogens with zero attached hydrogens (tertiary/aromatic N) is 1. The van der Waals surface area contributed by atoms with E-state index in [-0.39, 0.29) is 29.7 Å². The third-order valence-electron chi connectivity index (χ3n) is 7.80. The number of carboxylic acid groups (broad SMARTS) is 1. The Bertz CT molecular complexity index is 815. The molecule has 0 aromatic carbocycles. The van der Waals surface area contributed by atoms with Gasteiger partial charge in [0.05, 0.1) is 36.2 Å². The minimum atomic E-state index is -0.882. The van der Waals surface area contributed by atoms with Crippen LogP contribution < -0.4 is 0 Å². The summed E-state index contributed by atoms with van der Waals surface area (Å²) in [7, 11) is 0. The summed E-state index contributed by atoms with van der Waals surface area (Å²) in [5.41, 5.74) is 0.282. The molecule has 0 saturated heterocycles. The van der Waals surface area contributed by atoms with E-state index in [0.717, 1.165) is 25.7 Å². The van der Waals surface area contributed by atoms with Crippen LogP contribution in [-0.2, 0) is 14.3 Å². The van der Waals surface area contributed by atoms with Gasteiger partial charge in [-0.15, -0.1) is 0 Å². The quantitative estimate of drug-likeness (QED) is 0.482. The number of nitriles is 1. The molecule has 0 bridgehead atoms. The van der Waals surface area contributed by atoms with Crippen LogP contribution in [0.15, 0.2) is 23.8 Å². The summed E-state index contributed by atoms with van der Waals surface area (Å²) in [6, 6.07) is 2.10. The molecule has 0 radical (unpaired) electrons. The first kappa shape index (κ1) is 29.1. The molecule has 196 valence electrons. The first-order chi connectivity index (χ1) is 16.5. The van der Waals surface area contributed by atoms with Gasteiger partial charge in [-0.2, -0.15) is 5.26 Å². The summed E-state index contributed by atoms with van der Waals surface area (Å²) in [4.78, 5) is 24.5. The average Bonchev–Trinajstić information content (AvgIpc) is 3.27. The molecule has 1 heterocycles. The minimum absolute atomic E-state index is 0.0816. The second kappa shape index (κ2) is 13.8. The molecule has 0 unspecified atom stereocenters. The summed E-state index contributed by atoms with van der Waals surface area (Å²) in [6.45, 7) is 8.16. The molecule has 0 aromatic heterocycles. The van der Waals surface area contributed by atoms with Gasteiger partial charge in [0.15, 0.2) is 0 Å². The van der Waals surface area contributed by atoms with E-state index in [4.69, 9.17) is 4.74 Å². The lowest BCUT2D eigenvalue weighted by Crippen LogP contribution is -2.34. The highest BCUT2D eigenvalue weighted by Crippen LogP contribution is 2.37. The Kier molecular flexibility index (Phi) is 11.5. The van der Waals surface area contributed by atoms with Gasteiger partial charge in [-0.05, 0) is 61.9 Å². The maximum absolute atomic E-state index is 12.7. The highest BCUT2D eigenvalue weighted by Gasteiger charge is 2.39. The van der Waals surface area contributed by atoms with Crippen LogP contribution in [0, 0.1) is 46.8 Å². The van der Waals surface area contributed by atoms with Crippen molar-refractivity contribution in [1.29, 1.82) is 5.26 Å². The van der Waals surface area contributed by atoms with Crippen molar-refractivity contribution in [3.05, 3.63) is 23.8 Å². The lowest BCUT2D eigenvalue weighted by Gasteiger charge is -2.28. The van der Waals surface area contributed by atoms with Crippen LogP contribution in [-0.4, -0.2) is 45.6 Å². The van der Waals surface area contributed by atoms with Gasteiger partial charge < -0.3 is 20.1 Å². The van der Waals surface area contributed by atoms with Crippen LogP contribution in [0.3, 0.4) is 0 Å². The number of aliphatic hydroxyl groups is 2. The van der Waals surface area contributed by atoms with Gasteiger partial charge in [0, 0.05) is 12.3 Å². The number of esters is 1. The number of hydrogen-bond acceptors (Lipinski definition) is 6. The van der Waals surface area contributed by atoms with Crippen LogP contribution in [0.4, 0.5) is 0 Å². The first-order valence-electron chi connectivity index (χ1n) is 13.1. The molecular formula is C28H43NO6. The van der Waals surface area contributed by atoms with Crippen LogP contribution in [0.5, 0.6) is 0 Å². The molecular weight excluding hydrogens is 446 g/mol. The molecule has 0 aromatic rings. The SMILES string of the molecule is C[C@@H]1C[C@H](C)C[C@H](C)[C@@H](O)CC(=O)O[C@H]([C@@H]2CCC[C@H]2C(=O)O)C/C=C\C=C(/C#N)[C@@H](O)[C@@H](C)C1. The molecule has 1 fully saturated rings. The summed E-state index contributed by atoms with van der Waals surface area (Å²) in [5.74, 6) is -1.77. The van der Waals surface area contributed by atoms with E-state index in [2.05, 4.69) is 19.9 Å². The third-order valence-corrected chi connectivity index (χ3v) is 7.80. The average molecular weight is 490 g/mol. The predicted octanol–water partition coefficient (Wildman–Crippen LogP) is 4.64. The van der Waals surface area contributed by atoms with Crippen molar-refractivity contribution < 1.29 is 29.6 Å². The van der Waals surface area contributed by atoms with E-state index in [9.17, 15) is 30.2 Å². The number of carbonyl (C=O) groups is 2. The van der Waals surface area contributed by atoms with Crippen LogP contribution >= 0.6 is 0 Å². The Morgan fingerprint density at radius 3 is 2.34 bits per heavy atom. The molecule has 0 spiro atoms. The molecule has 1 aliphatic heterocycles. The van der Waals surface area contributed by atoms with Crippen molar-refractivity contribution in [1.82, 2.24) is 0 Å². The minimum Gasteiger partial charge on any atom is -0.481 e.